The molecule has 0 spiro atoms. The van der Waals surface area contributed by atoms with Crippen molar-refractivity contribution in [1.29, 1.82) is 0 Å². The molecule has 7 rings (SSSR count). The molecule has 8 bridgehead atoms. The lowest BCUT2D eigenvalue weighted by atomic mass is 9.97. The first-order valence-corrected chi connectivity index (χ1v) is 11.6. The predicted molar refractivity (Wildman–Crippen MR) is 139 cm³/mol. The number of H-pyrrole nitrogens is 1. The van der Waals surface area contributed by atoms with E-state index in [1.165, 1.54) is 11.1 Å². The van der Waals surface area contributed by atoms with Gasteiger partial charge in [0.1, 0.15) is 0 Å². The molecule has 0 saturated heterocycles. The van der Waals surface area contributed by atoms with Crippen molar-refractivity contribution >= 4 is 22.6 Å². The van der Waals surface area contributed by atoms with Gasteiger partial charge in [-0.2, -0.15) is 0 Å². The van der Waals surface area contributed by atoms with Gasteiger partial charge in [0.2, 0.25) is 0 Å². The van der Waals surface area contributed by atoms with E-state index in [1.807, 2.05) is 12.1 Å². The molecule has 1 aromatic heterocycles. The summed E-state index contributed by atoms with van der Waals surface area (Å²) in [6.07, 6.45) is 12.9. The van der Waals surface area contributed by atoms with Gasteiger partial charge in [-0.1, -0.05) is 72.8 Å². The fraction of sp³-hybridized carbons (Fsp3) is 0.0667. The second-order valence-corrected chi connectivity index (χ2v) is 8.78. The van der Waals surface area contributed by atoms with Crippen molar-refractivity contribution in [2.75, 3.05) is 0 Å². The van der Waals surface area contributed by atoms with Crippen molar-refractivity contribution in [1.82, 2.24) is 10.3 Å². The van der Waals surface area contributed by atoms with E-state index in [-0.39, 0.29) is 12.1 Å². The number of nitrogens with zero attached hydrogens (tertiary/aromatic N) is 2. The van der Waals surface area contributed by atoms with Gasteiger partial charge in [0.25, 0.3) is 0 Å². The van der Waals surface area contributed by atoms with E-state index in [2.05, 4.69) is 107 Å². The van der Waals surface area contributed by atoms with Gasteiger partial charge in [0, 0.05) is 28.2 Å². The van der Waals surface area contributed by atoms with Crippen LogP contribution in [0.4, 0.5) is 0 Å². The average Bonchev–Trinajstić information content (AvgIpc) is 3.68. The molecule has 2 N–H and O–H groups in total. The summed E-state index contributed by atoms with van der Waals surface area (Å²) in [5, 5.41) is 3.74. The van der Waals surface area contributed by atoms with Gasteiger partial charge in [0.05, 0.1) is 29.2 Å². The van der Waals surface area contributed by atoms with Crippen molar-refractivity contribution in [3.05, 3.63) is 143 Å². The van der Waals surface area contributed by atoms with E-state index in [4.69, 9.17) is 9.98 Å². The topological polar surface area (TPSA) is 52.5 Å². The summed E-state index contributed by atoms with van der Waals surface area (Å²) in [6, 6.07) is 25.3. The van der Waals surface area contributed by atoms with E-state index in [0.717, 1.165) is 45.3 Å². The highest BCUT2D eigenvalue weighted by atomic mass is 15.0. The van der Waals surface area contributed by atoms with Gasteiger partial charge in [-0.3, -0.25) is 4.99 Å². The van der Waals surface area contributed by atoms with Gasteiger partial charge < -0.3 is 10.3 Å². The summed E-state index contributed by atoms with van der Waals surface area (Å²) in [6.45, 7) is 0. The number of aromatic amines is 1. The molecule has 4 aliphatic heterocycles. The maximum atomic E-state index is 5.10. The van der Waals surface area contributed by atoms with E-state index in [9.17, 15) is 0 Å². The summed E-state index contributed by atoms with van der Waals surface area (Å²) >= 11 is 0. The first kappa shape index (κ1) is 19.1. The minimum absolute atomic E-state index is 0.0665. The number of aliphatic imine (C=N–C) groups is 2. The number of rotatable bonds is 2. The molecule has 2 atom stereocenters. The van der Waals surface area contributed by atoms with Crippen LogP contribution in [0, 0.1) is 0 Å². The number of hydrogen-bond donors (Lipinski definition) is 2. The van der Waals surface area contributed by atoms with Crippen LogP contribution in [0.3, 0.4) is 0 Å². The molecular formula is C30H22N4. The molecule has 2 unspecified atom stereocenters. The second-order valence-electron chi connectivity index (χ2n) is 8.78. The van der Waals surface area contributed by atoms with Gasteiger partial charge in [-0.25, -0.2) is 4.99 Å². The van der Waals surface area contributed by atoms with Crippen molar-refractivity contribution in [2.24, 2.45) is 9.98 Å². The zero-order valence-corrected chi connectivity index (χ0v) is 18.4. The monoisotopic (exact) mass is 438 g/mol. The number of aromatic nitrogens is 1. The molecule has 0 fully saturated rings. The van der Waals surface area contributed by atoms with Crippen LogP contribution >= 0.6 is 0 Å². The fourth-order valence-electron chi connectivity index (χ4n) is 5.07. The number of hydrogen-bond acceptors (Lipinski definition) is 3. The first-order valence-electron chi connectivity index (χ1n) is 11.6. The molecule has 34 heavy (non-hydrogen) atoms. The predicted octanol–water partition coefficient (Wildman–Crippen LogP) is 5.79. The Bertz CT molecular complexity index is 1510. The van der Waals surface area contributed by atoms with Crippen LogP contribution in [-0.4, -0.2) is 22.4 Å². The molecular weight excluding hydrogens is 416 g/mol. The molecule has 0 amide bonds. The Morgan fingerprint density at radius 2 is 1.47 bits per heavy atom. The zero-order valence-electron chi connectivity index (χ0n) is 18.4. The lowest BCUT2D eigenvalue weighted by molar-refractivity contribution is 0.740. The average molecular weight is 439 g/mol. The van der Waals surface area contributed by atoms with E-state index < -0.39 is 0 Å². The van der Waals surface area contributed by atoms with E-state index in [0.29, 0.717) is 0 Å². The molecule has 0 radical (unpaired) electrons. The number of allylic oxidation sites excluding steroid dienone is 4. The highest BCUT2D eigenvalue weighted by Gasteiger charge is 2.27. The summed E-state index contributed by atoms with van der Waals surface area (Å²) in [4.78, 5) is 13.8. The maximum absolute atomic E-state index is 5.10. The number of nitrogens with one attached hydrogen (secondary N) is 2. The molecule has 162 valence electrons. The molecule has 0 saturated carbocycles. The van der Waals surface area contributed by atoms with Crippen molar-refractivity contribution in [3.63, 3.8) is 0 Å². The Morgan fingerprint density at radius 1 is 0.676 bits per heavy atom. The lowest BCUT2D eigenvalue weighted by Crippen LogP contribution is -2.18. The van der Waals surface area contributed by atoms with Crippen LogP contribution in [0.1, 0.15) is 28.6 Å². The molecule has 0 aliphatic carbocycles. The molecule has 4 aliphatic rings. The Kier molecular flexibility index (Phi) is 4.24. The van der Waals surface area contributed by atoms with Crippen molar-refractivity contribution in [2.45, 2.75) is 12.1 Å². The van der Waals surface area contributed by atoms with Crippen LogP contribution < -0.4 is 5.32 Å². The molecule has 5 heterocycles. The standard InChI is InChI=1S/C30H22N4/c1-3-7-19(8-4-1)29-25-15-11-21(31-25)23-13-17-27(33-23)30(20-9-5-2-6-10-20)28-18-14-24(34-28)22-12-16-26(29)32-22/h1-18,21,26,31,33H/b29-25-,30-28-. The van der Waals surface area contributed by atoms with Gasteiger partial charge >= 0.3 is 0 Å². The van der Waals surface area contributed by atoms with Gasteiger partial charge in [-0.05, 0) is 47.6 Å². The quantitative estimate of drug-likeness (QED) is 0.523. The Morgan fingerprint density at radius 3 is 2.29 bits per heavy atom. The highest BCUT2D eigenvalue weighted by molar-refractivity contribution is 6.51. The largest absolute Gasteiger partial charge is 0.373 e. The second kappa shape index (κ2) is 7.56. The van der Waals surface area contributed by atoms with E-state index >= 15 is 0 Å². The maximum Gasteiger partial charge on any atom is 0.0967 e. The normalized spacial score (nSPS) is 26.4. The van der Waals surface area contributed by atoms with Crippen LogP contribution in [0.5, 0.6) is 0 Å². The van der Waals surface area contributed by atoms with Crippen LogP contribution in [0.25, 0.3) is 11.1 Å². The highest BCUT2D eigenvalue weighted by Crippen LogP contribution is 2.36. The first-order chi connectivity index (χ1) is 16.8. The summed E-state index contributed by atoms with van der Waals surface area (Å²) in [5.74, 6) is 0. The van der Waals surface area contributed by atoms with Gasteiger partial charge in [0.15, 0.2) is 0 Å². The summed E-state index contributed by atoms with van der Waals surface area (Å²) in [5.41, 5.74) is 10.6. The smallest absolute Gasteiger partial charge is 0.0967 e. The molecule has 4 nitrogen and oxygen atoms in total. The zero-order chi connectivity index (χ0) is 22.5. The third-order valence-corrected chi connectivity index (χ3v) is 6.69. The minimum Gasteiger partial charge on any atom is -0.373 e. The van der Waals surface area contributed by atoms with E-state index in [1.54, 1.807) is 0 Å². The fourth-order valence-corrected chi connectivity index (χ4v) is 5.07. The van der Waals surface area contributed by atoms with Crippen LogP contribution in [-0.2, 0) is 0 Å². The van der Waals surface area contributed by atoms with Crippen LogP contribution in [0.15, 0.2) is 131 Å². The third-order valence-electron chi connectivity index (χ3n) is 6.69. The molecule has 4 heteroatoms. The Labute approximate surface area is 198 Å². The van der Waals surface area contributed by atoms with Gasteiger partial charge in [-0.15, -0.1) is 0 Å². The van der Waals surface area contributed by atoms with Crippen molar-refractivity contribution < 1.29 is 0 Å². The Hall–Kier alpha value is -4.44. The minimum atomic E-state index is -0.0665. The molecule has 2 aromatic carbocycles. The third kappa shape index (κ3) is 3.07. The molecule has 3 aromatic rings. The Balaban J connectivity index is 1.45. The summed E-state index contributed by atoms with van der Waals surface area (Å²) < 4.78 is 0. The van der Waals surface area contributed by atoms with Crippen LogP contribution in [0.2, 0.25) is 0 Å². The lowest BCUT2D eigenvalue weighted by Gasteiger charge is -2.18. The summed E-state index contributed by atoms with van der Waals surface area (Å²) in [7, 11) is 0. The number of fused-ring (bicyclic) bond motifs is 8. The SMILES string of the molecule is C1=C/C2=C(\c3ccccc3)c3ccc([nH]3)C3C=C/C(=C(\c4ccccc4)C4C=CC(=N4)C1=N2)N3. The van der Waals surface area contributed by atoms with Crippen molar-refractivity contribution in [3.8, 4) is 0 Å². The number of benzene rings is 2.